The minimum Gasteiger partial charge on any atom is -0.401 e. The smallest absolute Gasteiger partial charge is 0.187 e. The highest BCUT2D eigenvalue weighted by Crippen LogP contribution is 2.26. The van der Waals surface area contributed by atoms with Crippen molar-refractivity contribution in [2.24, 2.45) is 11.7 Å². The van der Waals surface area contributed by atoms with Crippen LogP contribution in [0.2, 0.25) is 0 Å². The van der Waals surface area contributed by atoms with Crippen LogP contribution in [0.3, 0.4) is 0 Å². The molecule has 1 aliphatic carbocycles. The lowest BCUT2D eigenvalue weighted by Gasteiger charge is -2.29. The normalized spacial score (nSPS) is 15.2. The summed E-state index contributed by atoms with van der Waals surface area (Å²) >= 11 is 0. The molecule has 0 aliphatic heterocycles. The first-order valence-electron chi connectivity index (χ1n) is 11.5. The third-order valence-corrected chi connectivity index (χ3v) is 6.02. The number of carbonyl (C=O) groups is 1. The van der Waals surface area contributed by atoms with E-state index < -0.39 is 0 Å². The molecule has 0 atom stereocenters. The van der Waals surface area contributed by atoms with E-state index in [1.807, 2.05) is 66.7 Å². The minimum absolute atomic E-state index is 0.0616. The summed E-state index contributed by atoms with van der Waals surface area (Å²) in [7, 11) is 0. The molecule has 1 aliphatic rings. The van der Waals surface area contributed by atoms with E-state index in [2.05, 4.69) is 10.1 Å². The predicted octanol–water partition coefficient (Wildman–Crippen LogP) is 5.45. The molecule has 166 valence electrons. The molecule has 3 aromatic rings. The molecule has 1 fully saturated rings. The maximum absolute atomic E-state index is 12.5. The van der Waals surface area contributed by atoms with Gasteiger partial charge < -0.3 is 10.3 Å². The van der Waals surface area contributed by atoms with Crippen LogP contribution in [0.5, 0.6) is 0 Å². The zero-order valence-corrected chi connectivity index (χ0v) is 18.5. The molecular weight excluding hydrogens is 398 g/mol. The fourth-order valence-electron chi connectivity index (χ4n) is 4.43. The third kappa shape index (κ3) is 6.17. The Labute approximate surface area is 189 Å². The van der Waals surface area contributed by atoms with Crippen LogP contribution < -0.4 is 5.73 Å². The van der Waals surface area contributed by atoms with Crippen LogP contribution in [0, 0.1) is 5.92 Å². The van der Waals surface area contributed by atoms with Gasteiger partial charge in [0.15, 0.2) is 11.5 Å². The number of rotatable bonds is 9. The molecule has 2 N–H and O–H groups in total. The van der Waals surface area contributed by atoms with Gasteiger partial charge in [0.05, 0.1) is 5.69 Å². The first kappa shape index (κ1) is 22.0. The van der Waals surface area contributed by atoms with Crippen molar-refractivity contribution in [1.29, 1.82) is 0 Å². The van der Waals surface area contributed by atoms with Crippen molar-refractivity contribution >= 4 is 5.78 Å². The lowest BCUT2D eigenvalue weighted by Crippen LogP contribution is -2.33. The molecule has 0 unspecified atom stereocenters. The molecule has 1 saturated carbocycles. The largest absolute Gasteiger partial charge is 0.401 e. The fourth-order valence-corrected chi connectivity index (χ4v) is 4.43. The lowest BCUT2D eigenvalue weighted by atomic mass is 9.89. The van der Waals surface area contributed by atoms with E-state index in [0.29, 0.717) is 30.3 Å². The average molecular weight is 430 g/mol. The Hall–Kier alpha value is -3.18. The van der Waals surface area contributed by atoms with Crippen LogP contribution in [-0.2, 0) is 6.54 Å². The topological polar surface area (TPSA) is 72.4 Å². The Bertz CT molecular complexity index is 1020. The number of hydrogen-bond acceptors (Lipinski definition) is 5. The summed E-state index contributed by atoms with van der Waals surface area (Å²) in [6.45, 7) is 2.12. The number of ketones is 1. The van der Waals surface area contributed by atoms with Gasteiger partial charge in [-0.15, -0.1) is 0 Å². The Morgan fingerprint density at radius 2 is 1.72 bits per heavy atom. The quantitative estimate of drug-likeness (QED) is 0.362. The highest BCUT2D eigenvalue weighted by Gasteiger charge is 2.20. The number of allylic oxidation sites excluding steroid dienone is 1. The zero-order valence-electron chi connectivity index (χ0n) is 18.5. The summed E-state index contributed by atoms with van der Waals surface area (Å²) in [4.78, 5) is 14.8. The zero-order chi connectivity index (χ0) is 22.2. The van der Waals surface area contributed by atoms with E-state index in [1.165, 1.54) is 32.1 Å². The van der Waals surface area contributed by atoms with Crippen molar-refractivity contribution in [2.75, 3.05) is 13.1 Å². The highest BCUT2D eigenvalue weighted by molar-refractivity contribution is 6.04. The third-order valence-electron chi connectivity index (χ3n) is 6.02. The monoisotopic (exact) mass is 429 g/mol. The standard InChI is InChI=1S/C27H31N3O2/c28-24(16-26(31)22-12-6-2-7-13-22)19-30(18-21-10-4-1-5-11-21)20-25-17-27(32-29-25)23-14-8-3-9-15-23/h2-3,6-9,12-17,21H,1,4-5,10-11,18-20,28H2/b24-16-. The average Bonchev–Trinajstić information content (AvgIpc) is 3.29. The Balaban J connectivity index is 1.46. The first-order valence-corrected chi connectivity index (χ1v) is 11.5. The highest BCUT2D eigenvalue weighted by atomic mass is 16.5. The van der Waals surface area contributed by atoms with Crippen molar-refractivity contribution < 1.29 is 9.32 Å². The van der Waals surface area contributed by atoms with Gasteiger partial charge in [-0.05, 0) is 18.8 Å². The van der Waals surface area contributed by atoms with Gasteiger partial charge in [-0.3, -0.25) is 9.69 Å². The number of benzene rings is 2. The minimum atomic E-state index is -0.0616. The molecule has 0 saturated heterocycles. The van der Waals surface area contributed by atoms with Crippen LogP contribution >= 0.6 is 0 Å². The number of aromatic nitrogens is 1. The maximum Gasteiger partial charge on any atom is 0.187 e. The van der Waals surface area contributed by atoms with E-state index in [0.717, 1.165) is 23.6 Å². The van der Waals surface area contributed by atoms with Crippen LogP contribution in [0.15, 0.2) is 83.0 Å². The second-order valence-electron chi connectivity index (χ2n) is 8.67. The van der Waals surface area contributed by atoms with Gasteiger partial charge in [-0.1, -0.05) is 85.1 Å². The summed E-state index contributed by atoms with van der Waals surface area (Å²) in [6.07, 6.45) is 7.96. The number of nitrogens with two attached hydrogens (primary N) is 1. The van der Waals surface area contributed by atoms with Gasteiger partial charge in [0.1, 0.15) is 0 Å². The molecule has 0 amide bonds. The van der Waals surface area contributed by atoms with Crippen molar-refractivity contribution in [3.63, 3.8) is 0 Å². The van der Waals surface area contributed by atoms with E-state index in [4.69, 9.17) is 10.3 Å². The van der Waals surface area contributed by atoms with Crippen molar-refractivity contribution in [3.05, 3.63) is 89.8 Å². The maximum atomic E-state index is 12.5. The van der Waals surface area contributed by atoms with E-state index >= 15 is 0 Å². The number of nitrogens with zero attached hydrogens (tertiary/aromatic N) is 2. The van der Waals surface area contributed by atoms with Crippen molar-refractivity contribution in [1.82, 2.24) is 10.1 Å². The summed E-state index contributed by atoms with van der Waals surface area (Å²) < 4.78 is 5.59. The second-order valence-corrected chi connectivity index (χ2v) is 8.67. The molecule has 1 aromatic heterocycles. The van der Waals surface area contributed by atoms with Crippen LogP contribution in [0.1, 0.15) is 48.2 Å². The Kier molecular flexibility index (Phi) is 7.51. The summed E-state index contributed by atoms with van der Waals surface area (Å²) in [5.41, 5.74) is 9.43. The van der Waals surface area contributed by atoms with Crippen LogP contribution in [0.25, 0.3) is 11.3 Å². The molecule has 4 rings (SSSR count). The Morgan fingerprint density at radius 3 is 2.44 bits per heavy atom. The van der Waals surface area contributed by atoms with Gasteiger partial charge in [0.25, 0.3) is 0 Å². The predicted molar refractivity (Wildman–Crippen MR) is 127 cm³/mol. The number of hydrogen-bond donors (Lipinski definition) is 1. The van der Waals surface area contributed by atoms with Crippen molar-refractivity contribution in [2.45, 2.75) is 38.6 Å². The molecular formula is C27H31N3O2. The second kappa shape index (κ2) is 10.9. The van der Waals surface area contributed by atoms with Crippen LogP contribution in [-0.4, -0.2) is 28.9 Å². The molecule has 0 radical (unpaired) electrons. The number of carbonyl (C=O) groups excluding carboxylic acids is 1. The molecule has 32 heavy (non-hydrogen) atoms. The Morgan fingerprint density at radius 1 is 1.03 bits per heavy atom. The summed E-state index contributed by atoms with van der Waals surface area (Å²) in [5, 5.41) is 4.30. The van der Waals surface area contributed by atoms with Gasteiger partial charge in [0.2, 0.25) is 0 Å². The van der Waals surface area contributed by atoms with E-state index in [-0.39, 0.29) is 5.78 Å². The van der Waals surface area contributed by atoms with Crippen molar-refractivity contribution in [3.8, 4) is 11.3 Å². The van der Waals surface area contributed by atoms with E-state index in [9.17, 15) is 4.79 Å². The SMILES string of the molecule is N/C(=C\C(=O)c1ccccc1)CN(Cc1cc(-c2ccccc2)on1)CC1CCCCC1. The molecule has 2 aromatic carbocycles. The van der Waals surface area contributed by atoms with Crippen LogP contribution in [0.4, 0.5) is 0 Å². The molecule has 5 nitrogen and oxygen atoms in total. The summed E-state index contributed by atoms with van der Waals surface area (Å²) in [5.74, 6) is 1.36. The van der Waals surface area contributed by atoms with Gasteiger partial charge in [-0.25, -0.2) is 0 Å². The van der Waals surface area contributed by atoms with Gasteiger partial charge in [0, 0.05) is 48.6 Å². The molecule has 1 heterocycles. The molecule has 5 heteroatoms. The summed E-state index contributed by atoms with van der Waals surface area (Å²) in [6, 6.07) is 21.2. The van der Waals surface area contributed by atoms with Gasteiger partial charge in [-0.2, -0.15) is 0 Å². The molecule has 0 spiro atoms. The first-order chi connectivity index (χ1) is 15.7. The van der Waals surface area contributed by atoms with Gasteiger partial charge >= 0.3 is 0 Å². The molecule has 0 bridgehead atoms. The lowest BCUT2D eigenvalue weighted by molar-refractivity contribution is 0.104. The fraction of sp³-hybridized carbons (Fsp3) is 0.333. The van der Waals surface area contributed by atoms with E-state index in [1.54, 1.807) is 6.08 Å².